The number of nitrogens with one attached hydrogen (secondary N) is 2. The number of hydrogen-bond acceptors (Lipinski definition) is 9. The van der Waals surface area contributed by atoms with Crippen LogP contribution in [0.5, 0.6) is 0 Å². The summed E-state index contributed by atoms with van der Waals surface area (Å²) >= 11 is 0. The van der Waals surface area contributed by atoms with Gasteiger partial charge in [-0.25, -0.2) is 20.8 Å². The summed E-state index contributed by atoms with van der Waals surface area (Å²) in [4.78, 5) is 17.0. The molecule has 0 saturated heterocycles. The molecule has 0 aliphatic carbocycles. The standard InChI is InChI=1S/C17H21N9O/c1-20-6-12(4-18)14-8-23-17(25-19)16(24-14)22-5-11-2-3-15-21-7-13(10-27)26(15)9-11/h2-4,6-9,27H,5,10,18-19H2,1H3,(H,22,24)(H,23,25). The molecule has 0 unspecified atom stereocenters. The highest BCUT2D eigenvalue weighted by molar-refractivity contribution is 6.08. The third-order valence-corrected chi connectivity index (χ3v) is 3.92. The average molecular weight is 367 g/mol. The fourth-order valence-corrected chi connectivity index (χ4v) is 2.57. The van der Waals surface area contributed by atoms with Gasteiger partial charge in [-0.3, -0.25) is 4.99 Å². The first kappa shape index (κ1) is 18.3. The van der Waals surface area contributed by atoms with E-state index in [0.29, 0.717) is 29.4 Å². The third-order valence-electron chi connectivity index (χ3n) is 3.92. The first-order valence-electron chi connectivity index (χ1n) is 8.17. The lowest BCUT2D eigenvalue weighted by Crippen LogP contribution is -2.14. The largest absolute Gasteiger partial charge is 0.404 e. The van der Waals surface area contributed by atoms with Crippen LogP contribution in [0, 0.1) is 0 Å². The van der Waals surface area contributed by atoms with E-state index in [2.05, 4.69) is 30.7 Å². The van der Waals surface area contributed by atoms with E-state index < -0.39 is 0 Å². The molecule has 0 aliphatic heterocycles. The van der Waals surface area contributed by atoms with Gasteiger partial charge in [-0.1, -0.05) is 6.07 Å². The summed E-state index contributed by atoms with van der Waals surface area (Å²) in [7, 11) is 1.65. The van der Waals surface area contributed by atoms with Crippen LogP contribution in [0.1, 0.15) is 17.0 Å². The van der Waals surface area contributed by atoms with Gasteiger partial charge in [0.1, 0.15) is 5.65 Å². The number of aliphatic hydroxyl groups excluding tert-OH is 1. The number of allylic oxidation sites excluding steroid dienone is 1. The number of imidazole rings is 1. The molecule has 3 heterocycles. The minimum absolute atomic E-state index is 0.0833. The van der Waals surface area contributed by atoms with Gasteiger partial charge in [-0.15, -0.1) is 0 Å². The number of hydrogen-bond donors (Lipinski definition) is 5. The van der Waals surface area contributed by atoms with Crippen molar-refractivity contribution in [2.75, 3.05) is 17.8 Å². The van der Waals surface area contributed by atoms with Gasteiger partial charge in [0.05, 0.1) is 30.4 Å². The van der Waals surface area contributed by atoms with E-state index in [-0.39, 0.29) is 6.61 Å². The molecule has 0 atom stereocenters. The monoisotopic (exact) mass is 367 g/mol. The molecule has 3 rings (SSSR count). The van der Waals surface area contributed by atoms with E-state index in [0.717, 1.165) is 16.9 Å². The van der Waals surface area contributed by atoms with E-state index >= 15 is 0 Å². The first-order valence-corrected chi connectivity index (χ1v) is 8.17. The van der Waals surface area contributed by atoms with E-state index in [4.69, 9.17) is 11.6 Å². The molecule has 0 fully saturated rings. The molecule has 3 aromatic rings. The first-order chi connectivity index (χ1) is 13.2. The molecule has 0 radical (unpaired) electrons. The van der Waals surface area contributed by atoms with Crippen molar-refractivity contribution in [3.63, 3.8) is 0 Å². The highest BCUT2D eigenvalue weighted by Crippen LogP contribution is 2.19. The Bertz CT molecular complexity index is 993. The van der Waals surface area contributed by atoms with Crippen molar-refractivity contribution in [3.8, 4) is 0 Å². The maximum atomic E-state index is 9.40. The van der Waals surface area contributed by atoms with Crippen LogP contribution in [0.2, 0.25) is 0 Å². The Labute approximate surface area is 155 Å². The number of fused-ring (bicyclic) bond motifs is 1. The van der Waals surface area contributed by atoms with Crippen LogP contribution in [0.4, 0.5) is 11.6 Å². The van der Waals surface area contributed by atoms with Gasteiger partial charge in [-0.05, 0) is 11.6 Å². The summed E-state index contributed by atoms with van der Waals surface area (Å²) in [6.07, 6.45) is 8.13. The number of aliphatic hydroxyl groups is 1. The predicted molar refractivity (Wildman–Crippen MR) is 105 cm³/mol. The molecular formula is C17H21N9O. The highest BCUT2D eigenvalue weighted by atomic mass is 16.3. The Kier molecular flexibility index (Phi) is 5.59. The number of anilines is 2. The molecule has 3 aromatic heterocycles. The van der Waals surface area contributed by atoms with Crippen molar-refractivity contribution in [2.24, 2.45) is 16.6 Å². The van der Waals surface area contributed by atoms with Crippen LogP contribution in [0.3, 0.4) is 0 Å². The molecule has 10 heteroatoms. The summed E-state index contributed by atoms with van der Waals surface area (Å²) in [5.41, 5.74) is 11.8. The molecule has 7 N–H and O–H groups in total. The summed E-state index contributed by atoms with van der Waals surface area (Å²) in [5.74, 6) is 6.42. The number of hydrazine groups is 1. The van der Waals surface area contributed by atoms with Gasteiger partial charge in [0.15, 0.2) is 11.6 Å². The third kappa shape index (κ3) is 3.86. The minimum Gasteiger partial charge on any atom is -0.404 e. The van der Waals surface area contributed by atoms with E-state index in [9.17, 15) is 5.11 Å². The topological polar surface area (TPSA) is 152 Å². The number of aliphatic imine (C=N–C) groups is 1. The van der Waals surface area contributed by atoms with Crippen LogP contribution < -0.4 is 22.3 Å². The molecule has 0 spiro atoms. The van der Waals surface area contributed by atoms with Gasteiger partial charge in [0.2, 0.25) is 0 Å². The molecule has 27 heavy (non-hydrogen) atoms. The Morgan fingerprint density at radius 1 is 1.30 bits per heavy atom. The highest BCUT2D eigenvalue weighted by Gasteiger charge is 2.10. The van der Waals surface area contributed by atoms with Gasteiger partial charge in [-0.2, -0.15) is 0 Å². The van der Waals surface area contributed by atoms with Crippen molar-refractivity contribution in [2.45, 2.75) is 13.2 Å². The molecule has 0 aliphatic rings. The number of nitrogen functional groups attached to an aromatic ring is 1. The number of aromatic nitrogens is 4. The Morgan fingerprint density at radius 3 is 2.85 bits per heavy atom. The van der Waals surface area contributed by atoms with Crippen LogP contribution in [0.25, 0.3) is 11.2 Å². The summed E-state index contributed by atoms with van der Waals surface area (Å²) in [6, 6.07) is 3.83. The van der Waals surface area contributed by atoms with Crippen LogP contribution in [-0.2, 0) is 13.2 Å². The van der Waals surface area contributed by atoms with Crippen LogP contribution in [0.15, 0.2) is 41.9 Å². The lowest BCUT2D eigenvalue weighted by atomic mass is 10.2. The summed E-state index contributed by atoms with van der Waals surface area (Å²) < 4.78 is 1.84. The SMILES string of the molecule is CN=CC(=CN)c1cnc(NN)c(NCc2ccc3ncc(CO)n3c2)n1. The molecule has 10 nitrogen and oxygen atoms in total. The van der Waals surface area contributed by atoms with Crippen molar-refractivity contribution >= 4 is 29.1 Å². The van der Waals surface area contributed by atoms with E-state index in [1.807, 2.05) is 22.7 Å². The van der Waals surface area contributed by atoms with Gasteiger partial charge in [0, 0.05) is 37.8 Å². The maximum absolute atomic E-state index is 9.40. The second-order valence-electron chi connectivity index (χ2n) is 5.63. The van der Waals surface area contributed by atoms with Gasteiger partial charge < -0.3 is 26.0 Å². The van der Waals surface area contributed by atoms with E-state index in [1.165, 1.54) is 6.20 Å². The summed E-state index contributed by atoms with van der Waals surface area (Å²) in [5, 5.41) is 12.6. The number of pyridine rings is 1. The minimum atomic E-state index is -0.0833. The number of rotatable bonds is 7. The van der Waals surface area contributed by atoms with Gasteiger partial charge >= 0.3 is 0 Å². The fraction of sp³-hybridized carbons (Fsp3) is 0.176. The number of nitrogens with zero attached hydrogens (tertiary/aromatic N) is 5. The zero-order chi connectivity index (χ0) is 19.2. The quantitative estimate of drug-likeness (QED) is 0.230. The summed E-state index contributed by atoms with van der Waals surface area (Å²) in [6.45, 7) is 0.384. The molecule has 0 bridgehead atoms. The smallest absolute Gasteiger partial charge is 0.183 e. The number of nitrogens with two attached hydrogens (primary N) is 2. The lowest BCUT2D eigenvalue weighted by Gasteiger charge is -2.12. The van der Waals surface area contributed by atoms with Crippen LogP contribution >= 0.6 is 0 Å². The molecule has 0 aromatic carbocycles. The molecule has 140 valence electrons. The zero-order valence-electron chi connectivity index (χ0n) is 14.8. The van der Waals surface area contributed by atoms with Crippen molar-refractivity contribution in [1.29, 1.82) is 0 Å². The zero-order valence-corrected chi connectivity index (χ0v) is 14.8. The molecule has 0 amide bonds. The Morgan fingerprint density at radius 2 is 2.15 bits per heavy atom. The fourth-order valence-electron chi connectivity index (χ4n) is 2.57. The lowest BCUT2D eigenvalue weighted by molar-refractivity contribution is 0.276. The van der Waals surface area contributed by atoms with Crippen molar-refractivity contribution in [3.05, 3.63) is 53.9 Å². The maximum Gasteiger partial charge on any atom is 0.183 e. The van der Waals surface area contributed by atoms with Crippen molar-refractivity contribution in [1.82, 2.24) is 19.4 Å². The second-order valence-corrected chi connectivity index (χ2v) is 5.63. The second kappa shape index (κ2) is 8.25. The van der Waals surface area contributed by atoms with Gasteiger partial charge in [0.25, 0.3) is 0 Å². The molecular weight excluding hydrogens is 346 g/mol. The Hall–Kier alpha value is -3.50. The van der Waals surface area contributed by atoms with E-state index in [1.54, 1.807) is 25.7 Å². The Balaban J connectivity index is 1.86. The van der Waals surface area contributed by atoms with Crippen LogP contribution in [-0.4, -0.2) is 37.7 Å². The normalized spacial score (nSPS) is 12.0. The molecule has 0 saturated carbocycles. The average Bonchev–Trinajstić information content (AvgIpc) is 3.12. The predicted octanol–water partition coefficient (Wildman–Crippen LogP) is 0.514. The van der Waals surface area contributed by atoms with Crippen molar-refractivity contribution < 1.29 is 5.11 Å².